The summed E-state index contributed by atoms with van der Waals surface area (Å²) in [6.07, 6.45) is 1.41. The number of rotatable bonds is 4. The highest BCUT2D eigenvalue weighted by molar-refractivity contribution is 9.10. The predicted molar refractivity (Wildman–Crippen MR) is 63.8 cm³/mol. The van der Waals surface area contributed by atoms with Gasteiger partial charge in [0.2, 0.25) is 0 Å². The molecule has 17 heavy (non-hydrogen) atoms. The number of hydrogen-bond acceptors (Lipinski definition) is 2. The van der Waals surface area contributed by atoms with E-state index in [0.29, 0.717) is 11.3 Å². The van der Waals surface area contributed by atoms with Gasteiger partial charge in [-0.05, 0) is 40.4 Å². The quantitative estimate of drug-likeness (QED) is 0.929. The highest BCUT2D eigenvalue weighted by Crippen LogP contribution is 2.53. The maximum atomic E-state index is 14.1. The molecular formula is C12H12BrFO3. The lowest BCUT2D eigenvalue weighted by molar-refractivity contribution is -0.137. The Hall–Kier alpha value is -1.10. The molecule has 1 saturated carbocycles. The SMILES string of the molecule is COc1ccc(C2(CC(=O)O)CC2)c(F)c1Br. The van der Waals surface area contributed by atoms with E-state index in [-0.39, 0.29) is 10.9 Å². The summed E-state index contributed by atoms with van der Waals surface area (Å²) in [5.74, 6) is -0.894. The van der Waals surface area contributed by atoms with Gasteiger partial charge in [0.25, 0.3) is 0 Å². The average Bonchev–Trinajstić information content (AvgIpc) is 3.01. The fraction of sp³-hybridized carbons (Fsp3) is 0.417. The van der Waals surface area contributed by atoms with Gasteiger partial charge in [0, 0.05) is 5.41 Å². The third kappa shape index (κ3) is 2.16. The second-order valence-electron chi connectivity index (χ2n) is 4.29. The van der Waals surface area contributed by atoms with Crippen molar-refractivity contribution in [3.8, 4) is 5.75 Å². The van der Waals surface area contributed by atoms with Gasteiger partial charge in [0.15, 0.2) is 0 Å². The molecule has 0 atom stereocenters. The Bertz CT molecular complexity index is 469. The van der Waals surface area contributed by atoms with E-state index in [1.807, 2.05) is 0 Å². The lowest BCUT2D eigenvalue weighted by Gasteiger charge is -2.16. The van der Waals surface area contributed by atoms with Gasteiger partial charge in [0.1, 0.15) is 11.6 Å². The van der Waals surface area contributed by atoms with Gasteiger partial charge >= 0.3 is 5.97 Å². The second-order valence-corrected chi connectivity index (χ2v) is 5.09. The molecule has 0 aliphatic heterocycles. The van der Waals surface area contributed by atoms with Gasteiger partial charge in [-0.15, -0.1) is 0 Å². The Labute approximate surface area is 107 Å². The van der Waals surface area contributed by atoms with Gasteiger partial charge in [0.05, 0.1) is 18.0 Å². The second kappa shape index (κ2) is 4.29. The van der Waals surface area contributed by atoms with E-state index >= 15 is 0 Å². The average molecular weight is 303 g/mol. The normalized spacial score (nSPS) is 16.6. The first-order valence-corrected chi connectivity index (χ1v) is 6.04. The van der Waals surface area contributed by atoms with Crippen LogP contribution in [-0.2, 0) is 10.2 Å². The van der Waals surface area contributed by atoms with Crippen LogP contribution in [0.2, 0.25) is 0 Å². The Morgan fingerprint density at radius 3 is 2.71 bits per heavy atom. The Morgan fingerprint density at radius 2 is 2.24 bits per heavy atom. The number of carboxylic acid groups (broad SMARTS) is 1. The first kappa shape index (κ1) is 12.4. The van der Waals surface area contributed by atoms with Crippen LogP contribution in [0.25, 0.3) is 0 Å². The molecule has 0 amide bonds. The number of aliphatic carboxylic acids is 1. The van der Waals surface area contributed by atoms with E-state index in [1.54, 1.807) is 12.1 Å². The molecule has 0 heterocycles. The molecule has 0 aromatic heterocycles. The molecule has 1 N–H and O–H groups in total. The van der Waals surface area contributed by atoms with Crippen molar-refractivity contribution in [1.82, 2.24) is 0 Å². The number of halogens is 2. The van der Waals surface area contributed by atoms with Crippen LogP contribution in [0.1, 0.15) is 24.8 Å². The van der Waals surface area contributed by atoms with Gasteiger partial charge in [-0.1, -0.05) is 6.07 Å². The maximum Gasteiger partial charge on any atom is 0.304 e. The van der Waals surface area contributed by atoms with Crippen LogP contribution < -0.4 is 4.74 Å². The van der Waals surface area contributed by atoms with Crippen molar-refractivity contribution >= 4 is 21.9 Å². The Morgan fingerprint density at radius 1 is 1.59 bits per heavy atom. The fourth-order valence-corrected chi connectivity index (χ4v) is 2.59. The van der Waals surface area contributed by atoms with Crippen LogP contribution in [0.15, 0.2) is 16.6 Å². The van der Waals surface area contributed by atoms with Crippen LogP contribution >= 0.6 is 15.9 Å². The maximum absolute atomic E-state index is 14.1. The third-order valence-electron chi connectivity index (χ3n) is 3.18. The van der Waals surface area contributed by atoms with Gasteiger partial charge < -0.3 is 9.84 Å². The minimum atomic E-state index is -0.895. The van der Waals surface area contributed by atoms with Gasteiger partial charge in [-0.3, -0.25) is 4.79 Å². The topological polar surface area (TPSA) is 46.5 Å². The molecule has 3 nitrogen and oxygen atoms in total. The largest absolute Gasteiger partial charge is 0.495 e. The summed E-state index contributed by atoms with van der Waals surface area (Å²) in [6, 6.07) is 3.28. The van der Waals surface area contributed by atoms with E-state index < -0.39 is 17.2 Å². The molecule has 2 rings (SSSR count). The number of benzene rings is 1. The Balaban J connectivity index is 2.40. The van der Waals surface area contributed by atoms with Gasteiger partial charge in [-0.2, -0.15) is 0 Å². The summed E-state index contributed by atoms with van der Waals surface area (Å²) in [5.41, 5.74) is -0.0578. The zero-order valence-corrected chi connectivity index (χ0v) is 10.9. The molecule has 1 aromatic rings. The highest BCUT2D eigenvalue weighted by atomic mass is 79.9. The summed E-state index contributed by atoms with van der Waals surface area (Å²) in [6.45, 7) is 0. The van der Waals surface area contributed by atoms with Crippen LogP contribution in [0.5, 0.6) is 5.75 Å². The molecule has 0 radical (unpaired) electrons. The van der Waals surface area contributed by atoms with E-state index in [9.17, 15) is 9.18 Å². The summed E-state index contributed by atoms with van der Waals surface area (Å²) >= 11 is 3.13. The number of ether oxygens (including phenoxy) is 1. The van der Waals surface area contributed by atoms with Gasteiger partial charge in [-0.25, -0.2) is 4.39 Å². The molecule has 92 valence electrons. The van der Waals surface area contributed by atoms with E-state index in [4.69, 9.17) is 9.84 Å². The van der Waals surface area contributed by atoms with Crippen LogP contribution in [0.3, 0.4) is 0 Å². The first-order valence-electron chi connectivity index (χ1n) is 5.24. The number of methoxy groups -OCH3 is 1. The molecule has 0 spiro atoms. The van der Waals surface area contributed by atoms with Crippen LogP contribution in [0.4, 0.5) is 4.39 Å². The molecule has 1 fully saturated rings. The predicted octanol–water partition coefficient (Wildman–Crippen LogP) is 3.10. The van der Waals surface area contributed by atoms with Crippen molar-refractivity contribution in [3.63, 3.8) is 0 Å². The summed E-state index contributed by atoms with van der Waals surface area (Å²) in [4.78, 5) is 10.8. The molecule has 1 aromatic carbocycles. The van der Waals surface area contributed by atoms with Crippen molar-refractivity contribution in [2.24, 2.45) is 0 Å². The van der Waals surface area contributed by atoms with E-state index in [2.05, 4.69) is 15.9 Å². The van der Waals surface area contributed by atoms with Crippen LogP contribution in [-0.4, -0.2) is 18.2 Å². The molecule has 0 saturated heterocycles. The summed E-state index contributed by atoms with van der Waals surface area (Å²) in [5, 5.41) is 8.85. The standard InChI is InChI=1S/C12H12BrFO3/c1-17-8-3-2-7(11(14)10(8)13)12(4-5-12)6-9(15)16/h2-3H,4-6H2,1H3,(H,15,16). The summed E-state index contributed by atoms with van der Waals surface area (Å²) in [7, 11) is 1.46. The van der Waals surface area contributed by atoms with Crippen LogP contribution in [0, 0.1) is 5.82 Å². The molecule has 5 heteroatoms. The summed E-state index contributed by atoms with van der Waals surface area (Å²) < 4.78 is 19.4. The lowest BCUT2D eigenvalue weighted by atomic mass is 9.92. The third-order valence-corrected chi connectivity index (χ3v) is 3.92. The molecule has 1 aliphatic rings. The van der Waals surface area contributed by atoms with Crippen molar-refractivity contribution in [1.29, 1.82) is 0 Å². The van der Waals surface area contributed by atoms with Crippen molar-refractivity contribution in [3.05, 3.63) is 28.0 Å². The van der Waals surface area contributed by atoms with Crippen molar-refractivity contribution < 1.29 is 19.0 Å². The van der Waals surface area contributed by atoms with E-state index in [0.717, 1.165) is 12.8 Å². The van der Waals surface area contributed by atoms with Crippen molar-refractivity contribution in [2.45, 2.75) is 24.7 Å². The lowest BCUT2D eigenvalue weighted by Crippen LogP contribution is -2.15. The smallest absolute Gasteiger partial charge is 0.304 e. The first-order chi connectivity index (χ1) is 8.00. The minimum Gasteiger partial charge on any atom is -0.495 e. The number of carboxylic acids is 1. The zero-order chi connectivity index (χ0) is 12.6. The van der Waals surface area contributed by atoms with Crippen molar-refractivity contribution in [2.75, 3.05) is 7.11 Å². The monoisotopic (exact) mass is 302 g/mol. The molecule has 1 aliphatic carbocycles. The van der Waals surface area contributed by atoms with E-state index in [1.165, 1.54) is 7.11 Å². The fourth-order valence-electron chi connectivity index (χ4n) is 2.08. The zero-order valence-electron chi connectivity index (χ0n) is 9.30. The molecular weight excluding hydrogens is 291 g/mol. The number of carbonyl (C=O) groups is 1. The molecule has 0 bridgehead atoms. The minimum absolute atomic E-state index is 0.0251. The number of hydrogen-bond donors (Lipinski definition) is 1. The Kier molecular flexibility index (Phi) is 3.12. The highest BCUT2D eigenvalue weighted by Gasteiger charge is 2.48. The molecule has 0 unspecified atom stereocenters.